The van der Waals surface area contributed by atoms with Crippen LogP contribution >= 0.6 is 31.9 Å². The lowest BCUT2D eigenvalue weighted by molar-refractivity contribution is 0.575. The van der Waals surface area contributed by atoms with Gasteiger partial charge < -0.3 is 5.32 Å². The zero-order valence-electron chi connectivity index (χ0n) is 9.75. The Kier molecular flexibility index (Phi) is 4.54. The minimum Gasteiger partial charge on any atom is -0.309 e. The Balaban J connectivity index is 2.48. The Morgan fingerprint density at radius 1 is 1.06 bits per heavy atom. The molecule has 0 amide bonds. The maximum Gasteiger partial charge on any atom is 0.128 e. The second kappa shape index (κ2) is 5.95. The lowest BCUT2D eigenvalue weighted by atomic mass is 9.98. The van der Waals surface area contributed by atoms with Gasteiger partial charge in [-0.3, -0.25) is 0 Å². The van der Waals surface area contributed by atoms with E-state index in [9.17, 15) is 4.39 Å². The molecule has 18 heavy (non-hydrogen) atoms. The van der Waals surface area contributed by atoms with E-state index in [1.807, 2.05) is 31.3 Å². The maximum atomic E-state index is 13.9. The molecule has 0 saturated heterocycles. The Hall–Kier alpha value is -0.710. The molecule has 0 saturated carbocycles. The first-order chi connectivity index (χ1) is 8.61. The van der Waals surface area contributed by atoms with Crippen LogP contribution in [0.3, 0.4) is 0 Å². The molecule has 1 N–H and O–H groups in total. The smallest absolute Gasteiger partial charge is 0.128 e. The maximum absolute atomic E-state index is 13.9. The highest BCUT2D eigenvalue weighted by Crippen LogP contribution is 2.28. The van der Waals surface area contributed by atoms with Crippen LogP contribution in [0.2, 0.25) is 0 Å². The number of benzene rings is 2. The van der Waals surface area contributed by atoms with Gasteiger partial charge in [0.05, 0.1) is 6.04 Å². The summed E-state index contributed by atoms with van der Waals surface area (Å²) in [5.41, 5.74) is 1.65. The highest BCUT2D eigenvalue weighted by Gasteiger charge is 2.16. The molecular weight excluding hydrogens is 361 g/mol. The fourth-order valence-electron chi connectivity index (χ4n) is 1.92. The van der Waals surface area contributed by atoms with Crippen molar-refractivity contribution in [2.75, 3.05) is 7.05 Å². The van der Waals surface area contributed by atoms with Crippen LogP contribution in [-0.4, -0.2) is 7.05 Å². The molecule has 0 radical (unpaired) electrons. The minimum atomic E-state index is -0.211. The molecule has 0 fully saturated rings. The van der Waals surface area contributed by atoms with Crippen molar-refractivity contribution in [3.05, 3.63) is 68.4 Å². The van der Waals surface area contributed by atoms with Gasteiger partial charge in [-0.1, -0.05) is 44.0 Å². The van der Waals surface area contributed by atoms with E-state index in [4.69, 9.17) is 0 Å². The van der Waals surface area contributed by atoms with Crippen molar-refractivity contribution in [2.24, 2.45) is 0 Å². The molecule has 0 spiro atoms. The van der Waals surface area contributed by atoms with E-state index in [2.05, 4.69) is 37.2 Å². The van der Waals surface area contributed by atoms with E-state index in [1.165, 1.54) is 6.07 Å². The normalized spacial score (nSPS) is 12.4. The Morgan fingerprint density at radius 3 is 2.44 bits per heavy atom. The highest BCUT2D eigenvalue weighted by molar-refractivity contribution is 9.10. The standard InChI is InChI=1S/C14H12Br2FN/c1-18-14(9-3-2-4-10(15)7-9)12-8-11(16)5-6-13(12)17/h2-8,14,18H,1H3. The van der Waals surface area contributed by atoms with Crippen LogP contribution in [0, 0.1) is 5.82 Å². The van der Waals surface area contributed by atoms with Gasteiger partial charge in [0.25, 0.3) is 0 Å². The molecule has 0 bridgehead atoms. The minimum absolute atomic E-state index is 0.167. The lowest BCUT2D eigenvalue weighted by Gasteiger charge is -2.18. The van der Waals surface area contributed by atoms with Gasteiger partial charge in [0.1, 0.15) is 5.82 Å². The molecule has 1 atom stereocenters. The van der Waals surface area contributed by atoms with Gasteiger partial charge in [-0.05, 0) is 42.9 Å². The molecule has 0 aliphatic heterocycles. The van der Waals surface area contributed by atoms with E-state index in [1.54, 1.807) is 12.1 Å². The zero-order chi connectivity index (χ0) is 13.1. The summed E-state index contributed by atoms with van der Waals surface area (Å²) in [6, 6.07) is 12.7. The van der Waals surface area contributed by atoms with Crippen molar-refractivity contribution >= 4 is 31.9 Å². The first kappa shape index (κ1) is 13.7. The third-order valence-corrected chi connectivity index (χ3v) is 3.73. The average Bonchev–Trinajstić information content (AvgIpc) is 2.35. The summed E-state index contributed by atoms with van der Waals surface area (Å²) in [6.07, 6.45) is 0. The summed E-state index contributed by atoms with van der Waals surface area (Å²) < 4.78 is 15.8. The summed E-state index contributed by atoms with van der Waals surface area (Å²) in [4.78, 5) is 0. The lowest BCUT2D eigenvalue weighted by Crippen LogP contribution is -2.19. The summed E-state index contributed by atoms with van der Waals surface area (Å²) in [6.45, 7) is 0. The topological polar surface area (TPSA) is 12.0 Å². The number of halogens is 3. The largest absolute Gasteiger partial charge is 0.309 e. The number of rotatable bonds is 3. The van der Waals surface area contributed by atoms with E-state index in [0.29, 0.717) is 5.56 Å². The van der Waals surface area contributed by atoms with Gasteiger partial charge >= 0.3 is 0 Å². The third kappa shape index (κ3) is 2.99. The Bertz CT molecular complexity index is 557. The molecule has 0 heterocycles. The van der Waals surface area contributed by atoms with Crippen molar-refractivity contribution in [3.63, 3.8) is 0 Å². The fourth-order valence-corrected chi connectivity index (χ4v) is 2.72. The average molecular weight is 373 g/mol. The molecule has 2 rings (SSSR count). The van der Waals surface area contributed by atoms with Crippen LogP contribution in [0.5, 0.6) is 0 Å². The van der Waals surface area contributed by atoms with Gasteiger partial charge in [-0.2, -0.15) is 0 Å². The molecule has 1 nitrogen and oxygen atoms in total. The summed E-state index contributed by atoms with van der Waals surface area (Å²) in [7, 11) is 1.83. The number of hydrogen-bond acceptors (Lipinski definition) is 1. The first-order valence-corrected chi connectivity index (χ1v) is 7.08. The molecule has 2 aromatic carbocycles. The quantitative estimate of drug-likeness (QED) is 0.826. The van der Waals surface area contributed by atoms with Crippen molar-refractivity contribution in [2.45, 2.75) is 6.04 Å². The number of hydrogen-bond donors (Lipinski definition) is 1. The summed E-state index contributed by atoms with van der Waals surface area (Å²) in [5, 5.41) is 3.15. The molecular formula is C14H12Br2FN. The second-order valence-electron chi connectivity index (χ2n) is 3.94. The molecule has 4 heteroatoms. The van der Waals surface area contributed by atoms with Crippen LogP contribution in [0.15, 0.2) is 51.4 Å². The van der Waals surface area contributed by atoms with Crippen LogP contribution in [-0.2, 0) is 0 Å². The van der Waals surface area contributed by atoms with Crippen LogP contribution in [0.4, 0.5) is 4.39 Å². The Labute approximate surface area is 123 Å². The molecule has 0 aromatic heterocycles. The van der Waals surface area contributed by atoms with E-state index >= 15 is 0 Å². The van der Waals surface area contributed by atoms with Gasteiger partial charge in [0.2, 0.25) is 0 Å². The molecule has 0 aliphatic carbocycles. The van der Waals surface area contributed by atoms with E-state index < -0.39 is 0 Å². The van der Waals surface area contributed by atoms with Gasteiger partial charge in [0, 0.05) is 14.5 Å². The predicted molar refractivity (Wildman–Crippen MR) is 79.1 cm³/mol. The molecule has 94 valence electrons. The van der Waals surface area contributed by atoms with Crippen LogP contribution in [0.1, 0.15) is 17.2 Å². The highest BCUT2D eigenvalue weighted by atomic mass is 79.9. The van der Waals surface area contributed by atoms with Crippen molar-refractivity contribution in [1.82, 2.24) is 5.32 Å². The predicted octanol–water partition coefficient (Wildman–Crippen LogP) is 4.66. The SMILES string of the molecule is CNC(c1cccc(Br)c1)c1cc(Br)ccc1F. The third-order valence-electron chi connectivity index (χ3n) is 2.74. The molecule has 2 aromatic rings. The summed E-state index contributed by atoms with van der Waals surface area (Å²) in [5.74, 6) is -0.211. The van der Waals surface area contributed by atoms with Gasteiger partial charge in [-0.15, -0.1) is 0 Å². The van der Waals surface area contributed by atoms with Crippen molar-refractivity contribution in [1.29, 1.82) is 0 Å². The van der Waals surface area contributed by atoms with Crippen molar-refractivity contribution < 1.29 is 4.39 Å². The monoisotopic (exact) mass is 371 g/mol. The van der Waals surface area contributed by atoms with Crippen molar-refractivity contribution in [3.8, 4) is 0 Å². The Morgan fingerprint density at radius 2 is 1.78 bits per heavy atom. The van der Waals surface area contributed by atoms with Crippen LogP contribution in [0.25, 0.3) is 0 Å². The van der Waals surface area contributed by atoms with E-state index in [0.717, 1.165) is 14.5 Å². The van der Waals surface area contributed by atoms with Gasteiger partial charge in [-0.25, -0.2) is 4.39 Å². The van der Waals surface area contributed by atoms with Gasteiger partial charge in [0.15, 0.2) is 0 Å². The van der Waals surface area contributed by atoms with Crippen LogP contribution < -0.4 is 5.32 Å². The molecule has 1 unspecified atom stereocenters. The second-order valence-corrected chi connectivity index (χ2v) is 5.77. The first-order valence-electron chi connectivity index (χ1n) is 5.49. The molecule has 0 aliphatic rings. The fraction of sp³-hybridized carbons (Fsp3) is 0.143. The zero-order valence-corrected chi connectivity index (χ0v) is 12.9. The summed E-state index contributed by atoms with van der Waals surface area (Å²) >= 11 is 6.81. The number of nitrogens with one attached hydrogen (secondary N) is 1. The van der Waals surface area contributed by atoms with E-state index in [-0.39, 0.29) is 11.9 Å².